The molecule has 0 aromatic heterocycles. The largest absolute Gasteiger partial charge is 0.481 e. The quantitative estimate of drug-likeness (QED) is 0.139. The summed E-state index contributed by atoms with van der Waals surface area (Å²) in [6.07, 6.45) is 28.2. The lowest BCUT2D eigenvalue weighted by molar-refractivity contribution is -0.137. The molecule has 0 aromatic carbocycles. The third-order valence-electron chi connectivity index (χ3n) is 7.14. The Labute approximate surface area is 217 Å². The Bertz CT molecular complexity index is 476. The fraction of sp³-hybridized carbons (Fsp3) is 0.933. The molecule has 5 heteroatoms. The molecule has 35 heavy (non-hydrogen) atoms. The van der Waals surface area contributed by atoms with Crippen LogP contribution < -0.4 is 11.1 Å². The minimum absolute atomic E-state index is 0.249. The van der Waals surface area contributed by atoms with E-state index in [2.05, 4.69) is 19.2 Å². The second-order valence-electron chi connectivity index (χ2n) is 10.7. The SMILES string of the molecule is CCCCCCCCCCCC(=O)NC1CCC(N)CC1.CCCCCCCCCCCC(=O)O. The van der Waals surface area contributed by atoms with Crippen LogP contribution in [-0.2, 0) is 9.59 Å². The van der Waals surface area contributed by atoms with Crippen molar-refractivity contribution in [2.45, 2.75) is 180 Å². The molecule has 0 heterocycles. The summed E-state index contributed by atoms with van der Waals surface area (Å²) in [7, 11) is 0. The van der Waals surface area contributed by atoms with Crippen molar-refractivity contribution in [1.29, 1.82) is 0 Å². The van der Waals surface area contributed by atoms with E-state index in [1.807, 2.05) is 0 Å². The zero-order valence-corrected chi connectivity index (χ0v) is 23.5. The van der Waals surface area contributed by atoms with Gasteiger partial charge < -0.3 is 16.2 Å². The van der Waals surface area contributed by atoms with E-state index in [0.29, 0.717) is 24.9 Å². The first kappa shape index (κ1) is 33.9. The van der Waals surface area contributed by atoms with Crippen LogP contribution >= 0.6 is 0 Å². The number of hydrogen-bond donors (Lipinski definition) is 3. The Morgan fingerprint density at radius 1 is 0.629 bits per heavy atom. The minimum Gasteiger partial charge on any atom is -0.481 e. The summed E-state index contributed by atoms with van der Waals surface area (Å²) < 4.78 is 0. The lowest BCUT2D eigenvalue weighted by atomic mass is 9.92. The van der Waals surface area contributed by atoms with E-state index in [-0.39, 0.29) is 5.91 Å². The molecule has 0 radical (unpaired) electrons. The standard InChI is InChI=1S/C18H36N2O.C12H24O2/c1-2-3-4-5-6-7-8-9-10-11-18(21)20-17-14-12-16(19)13-15-17;1-2-3-4-5-6-7-8-9-10-11-12(13)14/h16-17H,2-15,19H2,1H3,(H,20,21);2-11H2,1H3,(H,13,14). The van der Waals surface area contributed by atoms with Crippen molar-refractivity contribution >= 4 is 11.9 Å². The average molecular weight is 497 g/mol. The van der Waals surface area contributed by atoms with Crippen LogP contribution in [0.2, 0.25) is 0 Å². The maximum Gasteiger partial charge on any atom is 0.303 e. The zero-order chi connectivity index (χ0) is 26.0. The molecular formula is C30H60N2O3. The summed E-state index contributed by atoms with van der Waals surface area (Å²) in [5.74, 6) is -0.411. The Kier molecular flexibility index (Phi) is 25.2. The van der Waals surface area contributed by atoms with Crippen LogP contribution in [0.1, 0.15) is 168 Å². The van der Waals surface area contributed by atoms with E-state index >= 15 is 0 Å². The molecule has 1 rings (SSSR count). The van der Waals surface area contributed by atoms with Crippen LogP contribution in [0.25, 0.3) is 0 Å². The first-order valence-corrected chi connectivity index (χ1v) is 15.3. The predicted octanol–water partition coefficient (Wildman–Crippen LogP) is 8.29. The fourth-order valence-electron chi connectivity index (χ4n) is 4.75. The van der Waals surface area contributed by atoms with Crippen LogP contribution in [0.5, 0.6) is 0 Å². The van der Waals surface area contributed by atoms with Crippen molar-refractivity contribution in [3.8, 4) is 0 Å². The van der Waals surface area contributed by atoms with E-state index in [0.717, 1.165) is 44.9 Å². The molecule has 0 spiro atoms. The molecule has 4 N–H and O–H groups in total. The first-order chi connectivity index (χ1) is 17.0. The van der Waals surface area contributed by atoms with Gasteiger partial charge in [0.15, 0.2) is 0 Å². The van der Waals surface area contributed by atoms with Gasteiger partial charge in [-0.3, -0.25) is 9.59 Å². The van der Waals surface area contributed by atoms with Gasteiger partial charge in [0.2, 0.25) is 5.91 Å². The number of carboxylic acid groups (broad SMARTS) is 1. The molecule has 0 aliphatic heterocycles. The van der Waals surface area contributed by atoms with Crippen molar-refractivity contribution in [2.75, 3.05) is 0 Å². The molecule has 0 saturated heterocycles. The third-order valence-corrected chi connectivity index (χ3v) is 7.14. The van der Waals surface area contributed by atoms with Crippen LogP contribution in [-0.4, -0.2) is 29.1 Å². The van der Waals surface area contributed by atoms with Gasteiger partial charge in [-0.2, -0.15) is 0 Å². The molecule has 208 valence electrons. The Balaban J connectivity index is 0.000000720. The smallest absolute Gasteiger partial charge is 0.303 e. The molecule has 1 aliphatic carbocycles. The van der Waals surface area contributed by atoms with Crippen molar-refractivity contribution in [1.82, 2.24) is 5.32 Å². The number of rotatable bonds is 21. The van der Waals surface area contributed by atoms with E-state index < -0.39 is 5.97 Å². The van der Waals surface area contributed by atoms with Gasteiger partial charge in [-0.15, -0.1) is 0 Å². The number of unbranched alkanes of at least 4 members (excludes halogenated alkanes) is 16. The monoisotopic (exact) mass is 496 g/mol. The summed E-state index contributed by atoms with van der Waals surface area (Å²) in [6, 6.07) is 0.742. The number of nitrogens with one attached hydrogen (secondary N) is 1. The zero-order valence-electron chi connectivity index (χ0n) is 23.5. The van der Waals surface area contributed by atoms with Gasteiger partial charge in [-0.25, -0.2) is 0 Å². The van der Waals surface area contributed by atoms with E-state index in [1.165, 1.54) is 96.3 Å². The number of carbonyl (C=O) groups excluding carboxylic acids is 1. The summed E-state index contributed by atoms with van der Waals surface area (Å²) >= 11 is 0. The second kappa shape index (κ2) is 26.0. The normalized spacial score (nSPS) is 17.5. The van der Waals surface area contributed by atoms with Crippen molar-refractivity contribution in [3.05, 3.63) is 0 Å². The predicted molar refractivity (Wildman–Crippen MR) is 150 cm³/mol. The number of hydrogen-bond acceptors (Lipinski definition) is 3. The first-order valence-electron chi connectivity index (χ1n) is 15.3. The molecule has 0 aromatic rings. The molecule has 1 saturated carbocycles. The van der Waals surface area contributed by atoms with Crippen LogP contribution in [0, 0.1) is 0 Å². The van der Waals surface area contributed by atoms with Crippen LogP contribution in [0.15, 0.2) is 0 Å². The summed E-state index contributed by atoms with van der Waals surface area (Å²) in [5, 5.41) is 11.6. The summed E-state index contributed by atoms with van der Waals surface area (Å²) in [6.45, 7) is 4.48. The van der Waals surface area contributed by atoms with Gasteiger partial charge in [0, 0.05) is 24.9 Å². The molecule has 0 atom stereocenters. The molecular weight excluding hydrogens is 436 g/mol. The van der Waals surface area contributed by atoms with E-state index in [1.54, 1.807) is 0 Å². The fourth-order valence-corrected chi connectivity index (χ4v) is 4.75. The highest BCUT2D eigenvalue weighted by Crippen LogP contribution is 2.17. The van der Waals surface area contributed by atoms with Crippen LogP contribution in [0.3, 0.4) is 0 Å². The maximum absolute atomic E-state index is 11.9. The number of carboxylic acids is 1. The van der Waals surface area contributed by atoms with Gasteiger partial charge in [-0.1, -0.05) is 117 Å². The molecule has 1 fully saturated rings. The molecule has 1 aliphatic rings. The van der Waals surface area contributed by atoms with Gasteiger partial charge in [-0.05, 0) is 38.5 Å². The molecule has 1 amide bonds. The number of amides is 1. The lowest BCUT2D eigenvalue weighted by Crippen LogP contribution is -2.40. The van der Waals surface area contributed by atoms with E-state index in [4.69, 9.17) is 10.8 Å². The van der Waals surface area contributed by atoms with Gasteiger partial charge in [0.1, 0.15) is 0 Å². The summed E-state index contributed by atoms with van der Waals surface area (Å²) in [5.41, 5.74) is 5.88. The topological polar surface area (TPSA) is 92.4 Å². The number of aliphatic carboxylic acids is 1. The second-order valence-corrected chi connectivity index (χ2v) is 10.7. The Hall–Kier alpha value is -1.10. The Morgan fingerprint density at radius 2 is 1.00 bits per heavy atom. The van der Waals surface area contributed by atoms with Crippen molar-refractivity contribution in [3.63, 3.8) is 0 Å². The molecule has 5 nitrogen and oxygen atoms in total. The molecule has 0 bridgehead atoms. The van der Waals surface area contributed by atoms with Crippen LogP contribution in [0.4, 0.5) is 0 Å². The van der Waals surface area contributed by atoms with Crippen molar-refractivity contribution in [2.24, 2.45) is 5.73 Å². The van der Waals surface area contributed by atoms with Gasteiger partial charge in [0.05, 0.1) is 0 Å². The highest BCUT2D eigenvalue weighted by molar-refractivity contribution is 5.76. The van der Waals surface area contributed by atoms with Gasteiger partial charge in [0.25, 0.3) is 0 Å². The third kappa shape index (κ3) is 25.8. The van der Waals surface area contributed by atoms with Gasteiger partial charge >= 0.3 is 5.97 Å². The lowest BCUT2D eigenvalue weighted by Gasteiger charge is -2.26. The highest BCUT2D eigenvalue weighted by atomic mass is 16.4. The maximum atomic E-state index is 11.9. The molecule has 0 unspecified atom stereocenters. The minimum atomic E-state index is -0.659. The van der Waals surface area contributed by atoms with E-state index in [9.17, 15) is 9.59 Å². The average Bonchev–Trinajstić information content (AvgIpc) is 2.83. The summed E-state index contributed by atoms with van der Waals surface area (Å²) in [4.78, 5) is 22.1. The Morgan fingerprint density at radius 3 is 1.40 bits per heavy atom. The highest BCUT2D eigenvalue weighted by Gasteiger charge is 2.19. The number of nitrogens with two attached hydrogens (primary N) is 1. The van der Waals surface area contributed by atoms with Crippen molar-refractivity contribution < 1.29 is 14.7 Å². The number of carbonyl (C=O) groups is 2.